The quantitative estimate of drug-likeness (QED) is 0.800. The third kappa shape index (κ3) is 3.39. The van der Waals surface area contributed by atoms with Crippen LogP contribution in [0.3, 0.4) is 0 Å². The molecule has 0 aliphatic carbocycles. The number of hydrogen-bond acceptors (Lipinski definition) is 4. The maximum absolute atomic E-state index is 5.38. The van der Waals surface area contributed by atoms with Crippen LogP contribution in [0.1, 0.15) is 22.8 Å². The maximum atomic E-state index is 5.38. The van der Waals surface area contributed by atoms with Gasteiger partial charge in [0.05, 0.1) is 12.7 Å². The first-order chi connectivity index (χ1) is 8.25. The fraction of sp³-hybridized carbons (Fsp3) is 0.385. The van der Waals surface area contributed by atoms with Gasteiger partial charge in [0, 0.05) is 12.4 Å². The van der Waals surface area contributed by atoms with Crippen molar-refractivity contribution in [2.24, 2.45) is 0 Å². The Bertz CT molecular complexity index is 479. The van der Waals surface area contributed by atoms with Gasteiger partial charge in [0.15, 0.2) is 0 Å². The standard InChI is InChI=1S/C13H17N3O/c1-10-7-14-5-3-12(10)4-6-15-9-13-16-8-11(2)17-13/h3,5,7-8,15H,4,6,9H2,1-2H3. The molecule has 0 aliphatic heterocycles. The molecule has 0 amide bonds. The molecule has 2 aromatic heterocycles. The van der Waals surface area contributed by atoms with Crippen LogP contribution in [0.25, 0.3) is 0 Å². The van der Waals surface area contributed by atoms with Crippen LogP contribution in [-0.2, 0) is 13.0 Å². The first kappa shape index (κ1) is 11.8. The van der Waals surface area contributed by atoms with Gasteiger partial charge in [0.25, 0.3) is 0 Å². The monoisotopic (exact) mass is 231 g/mol. The summed E-state index contributed by atoms with van der Waals surface area (Å²) >= 11 is 0. The van der Waals surface area contributed by atoms with Gasteiger partial charge in [-0.2, -0.15) is 0 Å². The average molecular weight is 231 g/mol. The van der Waals surface area contributed by atoms with Crippen molar-refractivity contribution < 1.29 is 4.42 Å². The largest absolute Gasteiger partial charge is 0.445 e. The molecule has 0 unspecified atom stereocenters. The second-order valence-corrected chi connectivity index (χ2v) is 4.09. The molecular weight excluding hydrogens is 214 g/mol. The number of rotatable bonds is 5. The van der Waals surface area contributed by atoms with Crippen LogP contribution in [0, 0.1) is 13.8 Å². The first-order valence-electron chi connectivity index (χ1n) is 5.77. The Balaban J connectivity index is 1.75. The SMILES string of the molecule is Cc1cnc(CNCCc2ccncc2C)o1. The maximum Gasteiger partial charge on any atom is 0.208 e. The van der Waals surface area contributed by atoms with Crippen molar-refractivity contribution >= 4 is 0 Å². The summed E-state index contributed by atoms with van der Waals surface area (Å²) in [6, 6.07) is 2.06. The zero-order chi connectivity index (χ0) is 12.1. The van der Waals surface area contributed by atoms with E-state index in [2.05, 4.69) is 28.3 Å². The Morgan fingerprint density at radius 2 is 2.18 bits per heavy atom. The number of aromatic nitrogens is 2. The number of hydrogen-bond donors (Lipinski definition) is 1. The lowest BCUT2D eigenvalue weighted by atomic mass is 10.1. The summed E-state index contributed by atoms with van der Waals surface area (Å²) in [5.74, 6) is 1.60. The van der Waals surface area contributed by atoms with Crippen LogP contribution in [-0.4, -0.2) is 16.5 Å². The highest BCUT2D eigenvalue weighted by Gasteiger charge is 2.00. The molecule has 0 atom stereocenters. The molecule has 1 N–H and O–H groups in total. The number of nitrogens with one attached hydrogen (secondary N) is 1. The minimum absolute atomic E-state index is 0.679. The van der Waals surface area contributed by atoms with Gasteiger partial charge in [-0.15, -0.1) is 0 Å². The van der Waals surface area contributed by atoms with Crippen molar-refractivity contribution in [1.29, 1.82) is 0 Å². The van der Waals surface area contributed by atoms with E-state index in [1.165, 1.54) is 11.1 Å². The molecule has 90 valence electrons. The van der Waals surface area contributed by atoms with Crippen molar-refractivity contribution in [2.45, 2.75) is 26.8 Å². The minimum Gasteiger partial charge on any atom is -0.445 e. The molecule has 0 bridgehead atoms. The van der Waals surface area contributed by atoms with Crippen LogP contribution in [0.15, 0.2) is 29.1 Å². The second-order valence-electron chi connectivity index (χ2n) is 4.09. The van der Waals surface area contributed by atoms with Crippen LogP contribution < -0.4 is 5.32 Å². The fourth-order valence-corrected chi connectivity index (χ4v) is 1.68. The molecule has 0 saturated carbocycles. The predicted octanol–water partition coefficient (Wildman–Crippen LogP) is 2.02. The van der Waals surface area contributed by atoms with Crippen molar-refractivity contribution in [1.82, 2.24) is 15.3 Å². The Morgan fingerprint density at radius 1 is 1.29 bits per heavy atom. The number of aryl methyl sites for hydroxylation is 2. The molecule has 0 fully saturated rings. The van der Waals surface area contributed by atoms with E-state index in [1.54, 1.807) is 6.20 Å². The third-order valence-electron chi connectivity index (χ3n) is 2.65. The zero-order valence-electron chi connectivity index (χ0n) is 10.2. The minimum atomic E-state index is 0.679. The lowest BCUT2D eigenvalue weighted by molar-refractivity contribution is 0.450. The molecule has 2 aromatic rings. The number of oxazole rings is 1. The van der Waals surface area contributed by atoms with E-state index in [4.69, 9.17) is 4.42 Å². The predicted molar refractivity (Wildman–Crippen MR) is 65.6 cm³/mol. The molecule has 4 heteroatoms. The molecule has 0 aliphatic rings. The van der Waals surface area contributed by atoms with Gasteiger partial charge in [0.1, 0.15) is 5.76 Å². The lowest BCUT2D eigenvalue weighted by Crippen LogP contribution is -2.17. The Hall–Kier alpha value is -1.68. The second kappa shape index (κ2) is 5.59. The highest BCUT2D eigenvalue weighted by molar-refractivity contribution is 5.21. The van der Waals surface area contributed by atoms with Crippen LogP contribution >= 0.6 is 0 Å². The average Bonchev–Trinajstić information content (AvgIpc) is 2.73. The van der Waals surface area contributed by atoms with Crippen molar-refractivity contribution in [3.05, 3.63) is 47.4 Å². The van der Waals surface area contributed by atoms with E-state index in [-0.39, 0.29) is 0 Å². The molecule has 17 heavy (non-hydrogen) atoms. The normalized spacial score (nSPS) is 10.7. The molecule has 0 saturated heterocycles. The summed E-state index contributed by atoms with van der Waals surface area (Å²) in [6.45, 7) is 5.57. The van der Waals surface area contributed by atoms with Crippen LogP contribution in [0.5, 0.6) is 0 Å². The Kier molecular flexibility index (Phi) is 3.88. The highest BCUT2D eigenvalue weighted by Crippen LogP contribution is 2.05. The van der Waals surface area contributed by atoms with Crippen LogP contribution in [0.4, 0.5) is 0 Å². The lowest BCUT2D eigenvalue weighted by Gasteiger charge is -2.05. The van der Waals surface area contributed by atoms with Crippen molar-refractivity contribution in [2.75, 3.05) is 6.54 Å². The van der Waals surface area contributed by atoms with Gasteiger partial charge in [-0.1, -0.05) is 0 Å². The topological polar surface area (TPSA) is 51.0 Å². The van der Waals surface area contributed by atoms with Gasteiger partial charge in [-0.05, 0) is 44.0 Å². The van der Waals surface area contributed by atoms with E-state index >= 15 is 0 Å². The fourth-order valence-electron chi connectivity index (χ4n) is 1.68. The van der Waals surface area contributed by atoms with E-state index < -0.39 is 0 Å². The summed E-state index contributed by atoms with van der Waals surface area (Å²) < 4.78 is 5.38. The van der Waals surface area contributed by atoms with E-state index in [0.717, 1.165) is 24.6 Å². The summed E-state index contributed by atoms with van der Waals surface area (Å²) in [7, 11) is 0. The summed E-state index contributed by atoms with van der Waals surface area (Å²) in [4.78, 5) is 8.22. The molecule has 2 heterocycles. The Labute approximate surface area is 101 Å². The van der Waals surface area contributed by atoms with E-state index in [0.29, 0.717) is 6.54 Å². The first-order valence-corrected chi connectivity index (χ1v) is 5.77. The van der Waals surface area contributed by atoms with Gasteiger partial charge in [-0.3, -0.25) is 4.98 Å². The van der Waals surface area contributed by atoms with Crippen LogP contribution in [0.2, 0.25) is 0 Å². The van der Waals surface area contributed by atoms with Crippen molar-refractivity contribution in [3.63, 3.8) is 0 Å². The molecule has 0 spiro atoms. The van der Waals surface area contributed by atoms with Gasteiger partial charge >= 0.3 is 0 Å². The molecule has 2 rings (SSSR count). The van der Waals surface area contributed by atoms with E-state index in [9.17, 15) is 0 Å². The third-order valence-corrected chi connectivity index (χ3v) is 2.65. The number of nitrogens with zero attached hydrogens (tertiary/aromatic N) is 2. The van der Waals surface area contributed by atoms with E-state index in [1.807, 2.05) is 19.3 Å². The van der Waals surface area contributed by atoms with Gasteiger partial charge in [-0.25, -0.2) is 4.98 Å². The van der Waals surface area contributed by atoms with Gasteiger partial charge < -0.3 is 9.73 Å². The highest BCUT2D eigenvalue weighted by atomic mass is 16.4. The summed E-state index contributed by atoms with van der Waals surface area (Å²) in [6.07, 6.45) is 6.46. The molecular formula is C13H17N3O. The smallest absolute Gasteiger partial charge is 0.208 e. The molecule has 0 aromatic carbocycles. The molecule has 4 nitrogen and oxygen atoms in total. The zero-order valence-corrected chi connectivity index (χ0v) is 10.2. The number of pyridine rings is 1. The summed E-state index contributed by atoms with van der Waals surface area (Å²) in [5, 5.41) is 3.31. The molecule has 0 radical (unpaired) electrons. The summed E-state index contributed by atoms with van der Waals surface area (Å²) in [5.41, 5.74) is 2.57. The van der Waals surface area contributed by atoms with Gasteiger partial charge in [0.2, 0.25) is 5.89 Å². The Morgan fingerprint density at radius 3 is 2.88 bits per heavy atom. The van der Waals surface area contributed by atoms with Crippen molar-refractivity contribution in [3.8, 4) is 0 Å².